The summed E-state index contributed by atoms with van der Waals surface area (Å²) >= 11 is 0. The van der Waals surface area contributed by atoms with Gasteiger partial charge in [-0.15, -0.1) is 0 Å². The van der Waals surface area contributed by atoms with Gasteiger partial charge in [0.2, 0.25) is 5.92 Å². The summed E-state index contributed by atoms with van der Waals surface area (Å²) < 4.78 is 38.9. The summed E-state index contributed by atoms with van der Waals surface area (Å²) in [5.41, 5.74) is -1.11. The molecular formula is C13H18F2O3. The van der Waals surface area contributed by atoms with Crippen molar-refractivity contribution < 1.29 is 23.0 Å². The molecule has 3 rings (SSSR count). The van der Waals surface area contributed by atoms with Gasteiger partial charge in [0.1, 0.15) is 5.78 Å². The summed E-state index contributed by atoms with van der Waals surface area (Å²) in [5.74, 6) is -3.92. The topological polar surface area (TPSA) is 35.5 Å². The lowest BCUT2D eigenvalue weighted by molar-refractivity contribution is -0.270. The molecule has 3 aliphatic rings. The van der Waals surface area contributed by atoms with Gasteiger partial charge in [0.25, 0.3) is 0 Å². The fourth-order valence-corrected chi connectivity index (χ4v) is 3.83. The fourth-order valence-electron chi connectivity index (χ4n) is 3.83. The molecule has 0 amide bonds. The third-order valence-electron chi connectivity index (χ3n) is 4.65. The standard InChI is InChI=1S/C13H18F2O3/c14-12(15)6-3-10(16)11(9-12)4-1-2-5-13(11)17-7-8-18-13/h1-9H2. The van der Waals surface area contributed by atoms with Crippen LogP contribution in [-0.4, -0.2) is 30.7 Å². The zero-order valence-corrected chi connectivity index (χ0v) is 10.3. The van der Waals surface area contributed by atoms with Crippen LogP contribution in [0.15, 0.2) is 0 Å². The summed E-state index contributed by atoms with van der Waals surface area (Å²) in [7, 11) is 0. The van der Waals surface area contributed by atoms with E-state index < -0.39 is 23.5 Å². The molecule has 1 unspecified atom stereocenters. The van der Waals surface area contributed by atoms with Gasteiger partial charge in [0, 0.05) is 25.7 Å². The van der Waals surface area contributed by atoms with E-state index in [2.05, 4.69) is 0 Å². The quantitative estimate of drug-likeness (QED) is 0.671. The zero-order valence-electron chi connectivity index (χ0n) is 10.3. The van der Waals surface area contributed by atoms with E-state index in [0.29, 0.717) is 26.1 Å². The van der Waals surface area contributed by atoms with Crippen molar-refractivity contribution >= 4 is 5.78 Å². The van der Waals surface area contributed by atoms with E-state index >= 15 is 0 Å². The first-order chi connectivity index (χ1) is 8.50. The maximum absolute atomic E-state index is 13.8. The molecule has 3 nitrogen and oxygen atoms in total. The van der Waals surface area contributed by atoms with Crippen LogP contribution in [-0.2, 0) is 14.3 Å². The predicted molar refractivity (Wildman–Crippen MR) is 59.3 cm³/mol. The van der Waals surface area contributed by atoms with Gasteiger partial charge in [-0.2, -0.15) is 0 Å². The first-order valence-corrected chi connectivity index (χ1v) is 6.69. The maximum atomic E-state index is 13.8. The van der Waals surface area contributed by atoms with Gasteiger partial charge in [-0.25, -0.2) is 8.78 Å². The van der Waals surface area contributed by atoms with Crippen molar-refractivity contribution in [2.24, 2.45) is 5.41 Å². The first-order valence-electron chi connectivity index (χ1n) is 6.69. The van der Waals surface area contributed by atoms with E-state index in [9.17, 15) is 13.6 Å². The molecule has 1 aliphatic heterocycles. The molecule has 0 bridgehead atoms. The summed E-state index contributed by atoms with van der Waals surface area (Å²) in [6.45, 7) is 0.807. The summed E-state index contributed by atoms with van der Waals surface area (Å²) in [4.78, 5) is 12.3. The molecule has 0 aromatic heterocycles. The third-order valence-corrected chi connectivity index (χ3v) is 4.65. The molecule has 0 radical (unpaired) electrons. The SMILES string of the molecule is O=C1CCC(F)(F)CC12CCCCC21OCCO1. The second-order valence-electron chi connectivity index (χ2n) is 5.69. The highest BCUT2D eigenvalue weighted by molar-refractivity contribution is 5.87. The first kappa shape index (κ1) is 12.5. The highest BCUT2D eigenvalue weighted by Gasteiger charge is 2.65. The lowest BCUT2D eigenvalue weighted by Gasteiger charge is -2.51. The van der Waals surface area contributed by atoms with Crippen molar-refractivity contribution in [1.82, 2.24) is 0 Å². The van der Waals surface area contributed by atoms with Crippen LogP contribution in [0.5, 0.6) is 0 Å². The number of Topliss-reactive ketones (excluding diaryl/α,β-unsaturated/α-hetero) is 1. The minimum atomic E-state index is -2.77. The largest absolute Gasteiger partial charge is 0.346 e. The normalized spacial score (nSPS) is 38.4. The highest BCUT2D eigenvalue weighted by atomic mass is 19.3. The van der Waals surface area contributed by atoms with E-state index in [1.165, 1.54) is 0 Å². The molecule has 5 heteroatoms. The van der Waals surface area contributed by atoms with Crippen molar-refractivity contribution in [3.8, 4) is 0 Å². The minimum Gasteiger partial charge on any atom is -0.346 e. The second-order valence-corrected chi connectivity index (χ2v) is 5.69. The number of ether oxygens (including phenoxy) is 2. The van der Waals surface area contributed by atoms with Crippen molar-refractivity contribution in [3.63, 3.8) is 0 Å². The summed E-state index contributed by atoms with van der Waals surface area (Å²) in [5, 5.41) is 0. The Kier molecular flexibility index (Phi) is 2.75. The number of carbonyl (C=O) groups is 1. The molecule has 2 saturated carbocycles. The van der Waals surface area contributed by atoms with Crippen LogP contribution >= 0.6 is 0 Å². The Morgan fingerprint density at radius 3 is 2.39 bits per heavy atom. The lowest BCUT2D eigenvalue weighted by Crippen LogP contribution is -2.60. The third kappa shape index (κ3) is 1.63. The van der Waals surface area contributed by atoms with Gasteiger partial charge in [-0.1, -0.05) is 6.42 Å². The Hall–Kier alpha value is -0.550. The smallest absolute Gasteiger partial charge is 0.249 e. The monoisotopic (exact) mass is 260 g/mol. The molecule has 102 valence electrons. The van der Waals surface area contributed by atoms with Crippen LogP contribution in [0.3, 0.4) is 0 Å². The lowest BCUT2D eigenvalue weighted by atomic mass is 9.60. The average Bonchev–Trinajstić information content (AvgIpc) is 2.78. The molecule has 0 N–H and O–H groups in total. The fraction of sp³-hybridized carbons (Fsp3) is 0.923. The van der Waals surface area contributed by atoms with Gasteiger partial charge in [-0.3, -0.25) is 4.79 Å². The van der Waals surface area contributed by atoms with Gasteiger partial charge in [0.05, 0.1) is 18.6 Å². The van der Waals surface area contributed by atoms with Gasteiger partial charge >= 0.3 is 0 Å². The van der Waals surface area contributed by atoms with Crippen LogP contribution < -0.4 is 0 Å². The van der Waals surface area contributed by atoms with E-state index in [1.807, 2.05) is 0 Å². The summed E-state index contributed by atoms with van der Waals surface area (Å²) in [6, 6.07) is 0. The van der Waals surface area contributed by atoms with Crippen LogP contribution in [0, 0.1) is 5.41 Å². The molecule has 0 aromatic rings. The molecule has 2 spiro atoms. The predicted octanol–water partition coefficient (Wildman–Crippen LogP) is 2.68. The molecule has 1 atom stereocenters. The Labute approximate surface area is 105 Å². The number of hydrogen-bond acceptors (Lipinski definition) is 3. The number of carbonyl (C=O) groups excluding carboxylic acids is 1. The van der Waals surface area contributed by atoms with Gasteiger partial charge in [-0.05, 0) is 12.8 Å². The Bertz CT molecular complexity index is 363. The van der Waals surface area contributed by atoms with Gasteiger partial charge in [0.15, 0.2) is 5.79 Å². The van der Waals surface area contributed by atoms with Gasteiger partial charge < -0.3 is 9.47 Å². The van der Waals surface area contributed by atoms with Crippen molar-refractivity contribution in [2.75, 3.05) is 13.2 Å². The molecule has 2 aliphatic carbocycles. The Morgan fingerprint density at radius 2 is 1.67 bits per heavy atom. The van der Waals surface area contributed by atoms with Crippen LogP contribution in [0.2, 0.25) is 0 Å². The van der Waals surface area contributed by atoms with Crippen molar-refractivity contribution in [1.29, 1.82) is 0 Å². The number of fused-ring (bicyclic) bond motifs is 1. The number of alkyl halides is 2. The minimum absolute atomic E-state index is 0.0541. The molecule has 1 heterocycles. The van der Waals surface area contributed by atoms with Crippen LogP contribution in [0.4, 0.5) is 8.78 Å². The Balaban J connectivity index is 2.00. The number of rotatable bonds is 0. The summed E-state index contributed by atoms with van der Waals surface area (Å²) in [6.07, 6.45) is 1.93. The second kappa shape index (κ2) is 3.97. The average molecular weight is 260 g/mol. The Morgan fingerprint density at radius 1 is 1.00 bits per heavy atom. The molecule has 1 saturated heterocycles. The number of ketones is 1. The maximum Gasteiger partial charge on any atom is 0.249 e. The number of hydrogen-bond donors (Lipinski definition) is 0. The van der Waals surface area contributed by atoms with E-state index in [1.54, 1.807) is 0 Å². The van der Waals surface area contributed by atoms with Crippen molar-refractivity contribution in [3.05, 3.63) is 0 Å². The van der Waals surface area contributed by atoms with Crippen LogP contribution in [0.25, 0.3) is 0 Å². The molecule has 18 heavy (non-hydrogen) atoms. The highest BCUT2D eigenvalue weighted by Crippen LogP contribution is 2.58. The number of halogens is 2. The molecule has 0 aromatic carbocycles. The molecule has 3 fully saturated rings. The van der Waals surface area contributed by atoms with E-state index in [-0.39, 0.29) is 18.6 Å². The van der Waals surface area contributed by atoms with E-state index in [0.717, 1.165) is 12.8 Å². The van der Waals surface area contributed by atoms with Crippen molar-refractivity contribution in [2.45, 2.75) is 56.7 Å². The van der Waals surface area contributed by atoms with Crippen LogP contribution in [0.1, 0.15) is 44.9 Å². The zero-order chi connectivity index (χ0) is 12.9. The van der Waals surface area contributed by atoms with E-state index in [4.69, 9.17) is 9.47 Å². The molecular weight excluding hydrogens is 242 g/mol.